The summed E-state index contributed by atoms with van der Waals surface area (Å²) >= 11 is 1.17. The van der Waals surface area contributed by atoms with Crippen molar-refractivity contribution in [3.8, 4) is 22.4 Å². The van der Waals surface area contributed by atoms with E-state index in [9.17, 15) is 18.8 Å². The van der Waals surface area contributed by atoms with Gasteiger partial charge in [0.2, 0.25) is 5.91 Å². The minimum absolute atomic E-state index is 0.0329. The molecule has 6 aromatic rings. The van der Waals surface area contributed by atoms with Gasteiger partial charge in [0, 0.05) is 35.8 Å². The number of carbonyl (C=O) groups is 3. The van der Waals surface area contributed by atoms with E-state index < -0.39 is 11.9 Å². The monoisotopic (exact) mass is 710 g/mol. The Balaban J connectivity index is 1.13. The average Bonchev–Trinajstić information content (AvgIpc) is 3.65. The second-order valence-corrected chi connectivity index (χ2v) is 14.4. The summed E-state index contributed by atoms with van der Waals surface area (Å²) in [6.07, 6.45) is 0. The van der Waals surface area contributed by atoms with Gasteiger partial charge in [0.1, 0.15) is 11.9 Å². The minimum atomic E-state index is -0.956. The van der Waals surface area contributed by atoms with Crippen LogP contribution in [0.2, 0.25) is 0 Å². The number of amides is 3. The number of nitrogens with zero attached hydrogens (tertiary/aromatic N) is 2. The van der Waals surface area contributed by atoms with Crippen LogP contribution in [0.15, 0.2) is 133 Å². The van der Waals surface area contributed by atoms with Gasteiger partial charge in [0.05, 0.1) is 5.69 Å². The number of halogens is 1. The Kier molecular flexibility index (Phi) is 10.7. The Hall–Kier alpha value is -5.93. The fourth-order valence-corrected chi connectivity index (χ4v) is 6.53. The molecular weight excluding hydrogens is 672 g/mol. The number of aromatic nitrogens is 1. The van der Waals surface area contributed by atoms with Gasteiger partial charge < -0.3 is 15.5 Å². The Bertz CT molecular complexity index is 2180. The van der Waals surface area contributed by atoms with Crippen molar-refractivity contribution in [2.45, 2.75) is 38.8 Å². The molecule has 0 unspecified atom stereocenters. The largest absolute Gasteiger partial charge is 0.339 e. The summed E-state index contributed by atoms with van der Waals surface area (Å²) in [4.78, 5) is 46.6. The van der Waals surface area contributed by atoms with Crippen molar-refractivity contribution in [2.75, 3.05) is 12.4 Å². The predicted molar refractivity (Wildman–Crippen MR) is 206 cm³/mol. The molecule has 1 heterocycles. The van der Waals surface area contributed by atoms with Crippen LogP contribution in [0.5, 0.6) is 0 Å². The van der Waals surface area contributed by atoms with Crippen molar-refractivity contribution in [1.82, 2.24) is 15.2 Å². The molecule has 6 rings (SSSR count). The molecule has 0 aliphatic rings. The third-order valence-electron chi connectivity index (χ3n) is 8.74. The summed E-state index contributed by atoms with van der Waals surface area (Å²) in [5.74, 6) is -1.38. The summed E-state index contributed by atoms with van der Waals surface area (Å²) in [7, 11) is 1.64. The third kappa shape index (κ3) is 8.50. The molecule has 7 nitrogen and oxygen atoms in total. The van der Waals surface area contributed by atoms with E-state index in [1.165, 1.54) is 33.9 Å². The van der Waals surface area contributed by atoms with E-state index in [1.807, 2.05) is 42.5 Å². The van der Waals surface area contributed by atoms with E-state index >= 15 is 0 Å². The maximum atomic E-state index is 13.6. The maximum Gasteiger partial charge on any atom is 0.281 e. The van der Waals surface area contributed by atoms with Crippen molar-refractivity contribution < 1.29 is 18.8 Å². The highest BCUT2D eigenvalue weighted by molar-refractivity contribution is 7.12. The smallest absolute Gasteiger partial charge is 0.281 e. The zero-order valence-electron chi connectivity index (χ0n) is 29.4. The summed E-state index contributed by atoms with van der Waals surface area (Å²) < 4.78 is 13.4. The highest BCUT2D eigenvalue weighted by atomic mass is 32.1. The van der Waals surface area contributed by atoms with E-state index in [0.29, 0.717) is 22.5 Å². The molecule has 9 heteroatoms. The van der Waals surface area contributed by atoms with E-state index in [2.05, 4.69) is 60.7 Å². The number of benzene rings is 5. The quantitative estimate of drug-likeness (QED) is 0.148. The van der Waals surface area contributed by atoms with Gasteiger partial charge in [-0.3, -0.25) is 14.4 Å². The number of anilines is 1. The second kappa shape index (κ2) is 15.5. The minimum Gasteiger partial charge on any atom is -0.339 e. The molecule has 0 bridgehead atoms. The van der Waals surface area contributed by atoms with Gasteiger partial charge in [-0.05, 0) is 63.6 Å². The third-order valence-corrected chi connectivity index (χ3v) is 9.58. The van der Waals surface area contributed by atoms with E-state index in [0.717, 1.165) is 22.3 Å². The Morgan fingerprint density at radius 3 is 2.08 bits per heavy atom. The Labute approximate surface area is 307 Å². The summed E-state index contributed by atoms with van der Waals surface area (Å²) in [6.45, 7) is 6.76. The molecule has 2 N–H and O–H groups in total. The number of rotatable bonds is 10. The zero-order valence-corrected chi connectivity index (χ0v) is 30.2. The first-order chi connectivity index (χ1) is 25.0. The van der Waals surface area contributed by atoms with Crippen LogP contribution >= 0.6 is 11.3 Å². The van der Waals surface area contributed by atoms with Crippen LogP contribution in [0.3, 0.4) is 0 Å². The topological polar surface area (TPSA) is 91.4 Å². The molecule has 1 aromatic heterocycles. The maximum absolute atomic E-state index is 13.6. The SMILES string of the molecule is CN(Cc1ccc(F)cc1)C(=O)[C@@H](NC(=O)c1nc(-c2ccc(NC(=O)c3ccccc3-c3ccc(C(C)(C)C)cc3)cc2)cs1)c1ccccc1. The second-order valence-electron chi connectivity index (χ2n) is 13.6. The van der Waals surface area contributed by atoms with Crippen molar-refractivity contribution in [3.05, 3.63) is 166 Å². The molecule has 262 valence electrons. The standard InChI is InChI=1S/C43H39FN4O3S/c1-43(2,3)32-20-16-29(17-21-32)35-12-8-9-13-36(35)39(49)45-34-24-18-30(19-25-34)37-27-52-41(46-37)40(50)47-38(31-10-6-5-7-11-31)42(51)48(4)26-28-14-22-33(44)23-15-28/h5-25,27,38H,26H2,1-4H3,(H,45,49)(H,47,50)/t38-/m0/s1. The van der Waals surface area contributed by atoms with Gasteiger partial charge in [-0.1, -0.05) is 118 Å². The lowest BCUT2D eigenvalue weighted by molar-refractivity contribution is -0.132. The van der Waals surface area contributed by atoms with Crippen molar-refractivity contribution in [1.29, 1.82) is 0 Å². The van der Waals surface area contributed by atoms with Crippen LogP contribution in [0, 0.1) is 5.82 Å². The Morgan fingerprint density at radius 1 is 0.769 bits per heavy atom. The van der Waals surface area contributed by atoms with Crippen LogP contribution in [0.4, 0.5) is 10.1 Å². The summed E-state index contributed by atoms with van der Waals surface area (Å²) in [5, 5.41) is 7.86. The molecule has 0 radical (unpaired) electrons. The molecule has 0 saturated heterocycles. The molecule has 3 amide bonds. The van der Waals surface area contributed by atoms with E-state index in [4.69, 9.17) is 0 Å². The van der Waals surface area contributed by atoms with Crippen molar-refractivity contribution >= 4 is 34.7 Å². The first-order valence-corrected chi connectivity index (χ1v) is 17.8. The summed E-state index contributed by atoms with van der Waals surface area (Å²) in [6, 6.07) is 37.1. The zero-order chi connectivity index (χ0) is 36.8. The number of carbonyl (C=O) groups excluding carboxylic acids is 3. The first-order valence-electron chi connectivity index (χ1n) is 16.9. The molecule has 0 spiro atoms. The number of hydrogen-bond donors (Lipinski definition) is 2. The van der Waals surface area contributed by atoms with Crippen LogP contribution in [-0.4, -0.2) is 34.7 Å². The fraction of sp³-hybridized carbons (Fsp3) is 0.163. The van der Waals surface area contributed by atoms with Crippen LogP contribution in [-0.2, 0) is 16.8 Å². The average molecular weight is 711 g/mol. The molecule has 1 atom stereocenters. The van der Waals surface area contributed by atoms with Crippen LogP contribution < -0.4 is 10.6 Å². The normalized spacial score (nSPS) is 11.8. The Morgan fingerprint density at radius 2 is 1.40 bits per heavy atom. The lowest BCUT2D eigenvalue weighted by Crippen LogP contribution is -2.41. The highest BCUT2D eigenvalue weighted by Crippen LogP contribution is 2.30. The molecular formula is C43H39FN4O3S. The number of thiazole rings is 1. The van der Waals surface area contributed by atoms with Gasteiger partial charge in [-0.25, -0.2) is 9.37 Å². The predicted octanol–water partition coefficient (Wildman–Crippen LogP) is 9.30. The highest BCUT2D eigenvalue weighted by Gasteiger charge is 2.27. The van der Waals surface area contributed by atoms with Gasteiger partial charge in [0.25, 0.3) is 11.8 Å². The number of hydrogen-bond acceptors (Lipinski definition) is 5. The first kappa shape index (κ1) is 35.9. The number of nitrogens with one attached hydrogen (secondary N) is 2. The summed E-state index contributed by atoms with van der Waals surface area (Å²) in [5.41, 5.74) is 7.00. The number of likely N-dealkylation sites (N-methyl/N-ethyl adjacent to an activating group) is 1. The molecule has 52 heavy (non-hydrogen) atoms. The fourth-order valence-electron chi connectivity index (χ4n) is 5.80. The molecule has 0 aliphatic carbocycles. The van der Waals surface area contributed by atoms with Crippen molar-refractivity contribution in [3.63, 3.8) is 0 Å². The van der Waals surface area contributed by atoms with E-state index in [1.54, 1.807) is 61.0 Å². The van der Waals surface area contributed by atoms with Gasteiger partial charge >= 0.3 is 0 Å². The molecule has 0 fully saturated rings. The van der Waals surface area contributed by atoms with Gasteiger partial charge in [-0.2, -0.15) is 0 Å². The van der Waals surface area contributed by atoms with Gasteiger partial charge in [0.15, 0.2) is 5.01 Å². The molecule has 0 aliphatic heterocycles. The van der Waals surface area contributed by atoms with Gasteiger partial charge in [-0.15, -0.1) is 11.3 Å². The van der Waals surface area contributed by atoms with Crippen LogP contribution in [0.1, 0.15) is 63.7 Å². The lowest BCUT2D eigenvalue weighted by Gasteiger charge is -2.25. The lowest BCUT2D eigenvalue weighted by atomic mass is 9.86. The molecule has 5 aromatic carbocycles. The van der Waals surface area contributed by atoms with E-state index in [-0.39, 0.29) is 34.6 Å². The molecule has 0 saturated carbocycles. The van der Waals surface area contributed by atoms with Crippen molar-refractivity contribution in [2.24, 2.45) is 0 Å². The van der Waals surface area contributed by atoms with Crippen LogP contribution in [0.25, 0.3) is 22.4 Å².